The molecule has 0 fully saturated rings. The van der Waals surface area contributed by atoms with E-state index in [1.54, 1.807) is 12.1 Å². The average Bonchev–Trinajstić information content (AvgIpc) is 2.67. The summed E-state index contributed by atoms with van der Waals surface area (Å²) in [6, 6.07) is 25.3. The van der Waals surface area contributed by atoms with E-state index < -0.39 is 5.97 Å². The summed E-state index contributed by atoms with van der Waals surface area (Å²) in [5.74, 6) is -0.240. The van der Waals surface area contributed by atoms with Crippen LogP contribution in [0.4, 0.5) is 5.69 Å². The van der Waals surface area contributed by atoms with Crippen LogP contribution in [0.1, 0.15) is 16.7 Å². The van der Waals surface area contributed by atoms with Crippen molar-refractivity contribution in [3.8, 4) is 5.75 Å². The monoisotopic (exact) mass is 346 g/mol. The number of aliphatic carboxylic acids is 1. The minimum Gasteiger partial charge on any atom is -0.550 e. The van der Waals surface area contributed by atoms with Gasteiger partial charge in [0.15, 0.2) is 0 Å². The molecule has 4 nitrogen and oxygen atoms in total. The van der Waals surface area contributed by atoms with Gasteiger partial charge in [-0.15, -0.1) is 0 Å². The molecular weight excluding hydrogens is 326 g/mol. The molecule has 132 valence electrons. The van der Waals surface area contributed by atoms with Gasteiger partial charge in [0.1, 0.15) is 12.4 Å². The van der Waals surface area contributed by atoms with Crippen LogP contribution in [0.25, 0.3) is 0 Å². The van der Waals surface area contributed by atoms with Gasteiger partial charge in [0.25, 0.3) is 0 Å². The molecule has 0 spiro atoms. The Balaban J connectivity index is 1.54. The zero-order valence-corrected chi connectivity index (χ0v) is 14.4. The molecule has 3 aromatic rings. The van der Waals surface area contributed by atoms with Crippen molar-refractivity contribution in [2.24, 2.45) is 0 Å². The molecule has 1 N–H and O–H groups in total. The SMILES string of the molecule is O=C([O-])Cc1ccc(NCc2cccc(OCc3ccccc3)c2)cc1. The maximum absolute atomic E-state index is 10.6. The highest BCUT2D eigenvalue weighted by Crippen LogP contribution is 2.17. The third kappa shape index (κ3) is 5.38. The summed E-state index contributed by atoms with van der Waals surface area (Å²) in [7, 11) is 0. The summed E-state index contributed by atoms with van der Waals surface area (Å²) in [4.78, 5) is 10.6. The number of carboxylic acids is 1. The van der Waals surface area contributed by atoms with Gasteiger partial charge in [0.2, 0.25) is 0 Å². The number of hydrogen-bond donors (Lipinski definition) is 1. The molecule has 0 aliphatic heterocycles. The van der Waals surface area contributed by atoms with Crippen molar-refractivity contribution in [2.45, 2.75) is 19.6 Å². The molecule has 0 unspecified atom stereocenters. The van der Waals surface area contributed by atoms with Gasteiger partial charge in [0, 0.05) is 24.6 Å². The van der Waals surface area contributed by atoms with E-state index in [4.69, 9.17) is 4.74 Å². The van der Waals surface area contributed by atoms with Gasteiger partial charge in [-0.25, -0.2) is 0 Å². The number of carboxylic acid groups (broad SMARTS) is 1. The number of anilines is 1. The van der Waals surface area contributed by atoms with E-state index in [1.807, 2.05) is 66.7 Å². The van der Waals surface area contributed by atoms with Crippen LogP contribution < -0.4 is 15.2 Å². The highest BCUT2D eigenvalue weighted by molar-refractivity contribution is 5.68. The van der Waals surface area contributed by atoms with E-state index in [2.05, 4.69) is 5.32 Å². The predicted molar refractivity (Wildman–Crippen MR) is 99.7 cm³/mol. The lowest BCUT2D eigenvalue weighted by atomic mass is 10.1. The molecule has 0 heterocycles. The van der Waals surface area contributed by atoms with E-state index in [9.17, 15) is 9.90 Å². The van der Waals surface area contributed by atoms with Gasteiger partial charge in [0.05, 0.1) is 0 Å². The second kappa shape index (κ2) is 8.72. The summed E-state index contributed by atoms with van der Waals surface area (Å²) in [5.41, 5.74) is 3.90. The molecule has 0 amide bonds. The molecule has 0 saturated carbocycles. The van der Waals surface area contributed by atoms with Gasteiger partial charge < -0.3 is 20.0 Å². The third-order valence-corrected chi connectivity index (χ3v) is 3.95. The van der Waals surface area contributed by atoms with E-state index in [0.717, 1.165) is 28.1 Å². The van der Waals surface area contributed by atoms with Gasteiger partial charge in [-0.2, -0.15) is 0 Å². The van der Waals surface area contributed by atoms with Gasteiger partial charge in [-0.3, -0.25) is 0 Å². The molecule has 0 saturated heterocycles. The largest absolute Gasteiger partial charge is 0.550 e. The molecule has 0 aliphatic rings. The lowest BCUT2D eigenvalue weighted by Crippen LogP contribution is -2.24. The second-order valence-corrected chi connectivity index (χ2v) is 6.02. The fourth-order valence-electron chi connectivity index (χ4n) is 2.60. The van der Waals surface area contributed by atoms with Crippen LogP contribution >= 0.6 is 0 Å². The maximum Gasteiger partial charge on any atom is 0.120 e. The molecular formula is C22H20NO3-. The summed E-state index contributed by atoms with van der Waals surface area (Å²) < 4.78 is 5.85. The zero-order valence-electron chi connectivity index (χ0n) is 14.4. The number of carbonyl (C=O) groups is 1. The quantitative estimate of drug-likeness (QED) is 0.680. The van der Waals surface area contributed by atoms with Crippen LogP contribution in [0.15, 0.2) is 78.9 Å². The normalized spacial score (nSPS) is 10.3. The van der Waals surface area contributed by atoms with Crippen LogP contribution in [-0.4, -0.2) is 5.97 Å². The van der Waals surface area contributed by atoms with Gasteiger partial charge >= 0.3 is 0 Å². The van der Waals surface area contributed by atoms with Crippen LogP contribution in [0.3, 0.4) is 0 Å². The Morgan fingerprint density at radius 1 is 0.846 bits per heavy atom. The highest BCUT2D eigenvalue weighted by atomic mass is 16.5. The first kappa shape index (κ1) is 17.5. The van der Waals surface area contributed by atoms with Crippen LogP contribution in [-0.2, 0) is 24.4 Å². The van der Waals surface area contributed by atoms with E-state index in [1.165, 1.54) is 0 Å². The van der Waals surface area contributed by atoms with Crippen molar-refractivity contribution < 1.29 is 14.6 Å². The molecule has 3 aromatic carbocycles. The number of nitrogens with one attached hydrogen (secondary N) is 1. The molecule has 26 heavy (non-hydrogen) atoms. The minimum absolute atomic E-state index is 0.0684. The smallest absolute Gasteiger partial charge is 0.120 e. The van der Waals surface area contributed by atoms with Crippen molar-refractivity contribution in [1.82, 2.24) is 0 Å². The molecule has 0 aromatic heterocycles. The number of ether oxygens (including phenoxy) is 1. The van der Waals surface area contributed by atoms with E-state index in [-0.39, 0.29) is 6.42 Å². The topological polar surface area (TPSA) is 61.4 Å². The molecule has 0 atom stereocenters. The summed E-state index contributed by atoms with van der Waals surface area (Å²) >= 11 is 0. The number of benzene rings is 3. The van der Waals surface area contributed by atoms with Gasteiger partial charge in [-0.1, -0.05) is 54.6 Å². The van der Waals surface area contributed by atoms with Gasteiger partial charge in [-0.05, 0) is 41.0 Å². The van der Waals surface area contributed by atoms with Crippen LogP contribution in [0.5, 0.6) is 5.75 Å². The number of hydrogen-bond acceptors (Lipinski definition) is 4. The highest BCUT2D eigenvalue weighted by Gasteiger charge is 2.00. The van der Waals surface area contributed by atoms with Crippen molar-refractivity contribution in [3.63, 3.8) is 0 Å². The lowest BCUT2D eigenvalue weighted by Gasteiger charge is -2.10. The Kier molecular flexibility index (Phi) is 5.88. The first-order chi connectivity index (χ1) is 12.7. The van der Waals surface area contributed by atoms with E-state index in [0.29, 0.717) is 13.2 Å². The first-order valence-corrected chi connectivity index (χ1v) is 8.47. The van der Waals surface area contributed by atoms with E-state index >= 15 is 0 Å². The third-order valence-electron chi connectivity index (χ3n) is 3.95. The molecule has 0 aliphatic carbocycles. The zero-order chi connectivity index (χ0) is 18.2. The second-order valence-electron chi connectivity index (χ2n) is 6.02. The standard InChI is InChI=1S/C22H21NO3/c24-22(25)14-17-9-11-20(12-10-17)23-15-19-7-4-8-21(13-19)26-16-18-5-2-1-3-6-18/h1-13,23H,14-16H2,(H,24,25)/p-1. The van der Waals surface area contributed by atoms with Crippen LogP contribution in [0, 0.1) is 0 Å². The Hall–Kier alpha value is -3.27. The fourth-order valence-corrected chi connectivity index (χ4v) is 2.60. The number of carbonyl (C=O) groups excluding carboxylic acids is 1. The average molecular weight is 346 g/mol. The minimum atomic E-state index is -1.07. The predicted octanol–water partition coefficient (Wildman–Crippen LogP) is 3.17. The van der Waals surface area contributed by atoms with Crippen LogP contribution in [0.2, 0.25) is 0 Å². The maximum atomic E-state index is 10.6. The fraction of sp³-hybridized carbons (Fsp3) is 0.136. The molecule has 3 rings (SSSR count). The molecule has 0 radical (unpaired) electrons. The first-order valence-electron chi connectivity index (χ1n) is 8.47. The summed E-state index contributed by atoms with van der Waals surface area (Å²) in [5, 5.41) is 13.9. The molecule has 4 heteroatoms. The van der Waals surface area contributed by atoms with Crippen molar-refractivity contribution >= 4 is 11.7 Å². The summed E-state index contributed by atoms with van der Waals surface area (Å²) in [6.07, 6.45) is -0.0684. The number of rotatable bonds is 8. The van der Waals surface area contributed by atoms with Crippen molar-refractivity contribution in [2.75, 3.05) is 5.32 Å². The van der Waals surface area contributed by atoms with Crippen molar-refractivity contribution in [3.05, 3.63) is 95.6 Å². The Labute approximate surface area is 153 Å². The lowest BCUT2D eigenvalue weighted by molar-refractivity contribution is -0.304. The Morgan fingerprint density at radius 2 is 1.58 bits per heavy atom. The molecule has 0 bridgehead atoms. The van der Waals surface area contributed by atoms with Crippen molar-refractivity contribution in [1.29, 1.82) is 0 Å². The Bertz CT molecular complexity index is 845. The summed E-state index contributed by atoms with van der Waals surface area (Å²) in [6.45, 7) is 1.19. The Morgan fingerprint density at radius 3 is 2.31 bits per heavy atom.